The van der Waals surface area contributed by atoms with Gasteiger partial charge in [-0.25, -0.2) is 0 Å². The average Bonchev–Trinajstić information content (AvgIpc) is 2.91. The smallest absolute Gasteiger partial charge is 0.240 e. The number of nitrogens with one attached hydrogen (secondary N) is 1. The minimum absolute atomic E-state index is 0.0300. The van der Waals surface area contributed by atoms with Crippen LogP contribution in [0.2, 0.25) is 0 Å². The molecular weight excluding hydrogens is 254 g/mol. The fraction of sp³-hybridized carbons (Fsp3) is 0.933. The van der Waals surface area contributed by atoms with E-state index >= 15 is 0 Å². The molecule has 20 heavy (non-hydrogen) atoms. The third-order valence-electron chi connectivity index (χ3n) is 5.15. The summed E-state index contributed by atoms with van der Waals surface area (Å²) in [6.45, 7) is 10.6. The first kappa shape index (κ1) is 15.7. The van der Waals surface area contributed by atoms with Crippen LogP contribution in [0.15, 0.2) is 0 Å². The molecule has 0 aromatic heterocycles. The summed E-state index contributed by atoms with van der Waals surface area (Å²) in [4.78, 5) is 14.8. The summed E-state index contributed by atoms with van der Waals surface area (Å²) in [6, 6.07) is 0. The number of carbonyl (C=O) groups is 1. The van der Waals surface area contributed by atoms with Crippen molar-refractivity contribution in [1.29, 1.82) is 0 Å². The molecule has 0 spiro atoms. The van der Waals surface area contributed by atoms with E-state index in [1.807, 2.05) is 20.8 Å². The second kappa shape index (κ2) is 6.00. The number of ether oxygens (including phenoxy) is 1. The van der Waals surface area contributed by atoms with E-state index in [-0.39, 0.29) is 17.4 Å². The fourth-order valence-electron chi connectivity index (χ4n) is 3.31. The molecular formula is C15H29N3O2. The highest BCUT2D eigenvalue weighted by molar-refractivity contribution is 5.88. The van der Waals surface area contributed by atoms with Gasteiger partial charge in [-0.3, -0.25) is 4.79 Å². The normalized spacial score (nSPS) is 32.9. The minimum Gasteiger partial charge on any atom is -0.378 e. The zero-order valence-corrected chi connectivity index (χ0v) is 13.1. The summed E-state index contributed by atoms with van der Waals surface area (Å²) >= 11 is 0. The first-order chi connectivity index (χ1) is 9.41. The first-order valence-electron chi connectivity index (χ1n) is 7.83. The second-order valence-electron chi connectivity index (χ2n) is 6.65. The van der Waals surface area contributed by atoms with Crippen molar-refractivity contribution in [1.82, 2.24) is 10.2 Å². The second-order valence-corrected chi connectivity index (χ2v) is 6.65. The first-order valence-corrected chi connectivity index (χ1v) is 7.83. The largest absolute Gasteiger partial charge is 0.378 e. The lowest BCUT2D eigenvalue weighted by atomic mass is 9.54. The number of hydrogen-bond donors (Lipinski definition) is 2. The zero-order valence-electron chi connectivity index (χ0n) is 13.1. The van der Waals surface area contributed by atoms with E-state index in [0.717, 1.165) is 19.6 Å². The maximum atomic E-state index is 12.4. The van der Waals surface area contributed by atoms with Crippen molar-refractivity contribution in [2.45, 2.75) is 51.7 Å². The Bertz CT molecular complexity index is 353. The molecule has 2 unspecified atom stereocenters. The molecule has 0 radical (unpaired) electrons. The van der Waals surface area contributed by atoms with Gasteiger partial charge in [0.1, 0.15) is 5.54 Å². The number of rotatable bonds is 6. The molecule has 1 aliphatic carbocycles. The van der Waals surface area contributed by atoms with Crippen LogP contribution in [-0.4, -0.2) is 55.2 Å². The number of likely N-dealkylation sites (tertiary alicyclic amines) is 1. The number of nitrogens with zero attached hydrogens (tertiary/aromatic N) is 1. The van der Waals surface area contributed by atoms with Crippen LogP contribution >= 0.6 is 0 Å². The van der Waals surface area contributed by atoms with Gasteiger partial charge in [0.2, 0.25) is 5.91 Å². The minimum atomic E-state index is -0.794. The molecule has 2 fully saturated rings. The summed E-state index contributed by atoms with van der Waals surface area (Å²) in [5.41, 5.74) is 5.23. The van der Waals surface area contributed by atoms with Gasteiger partial charge in [-0.05, 0) is 32.9 Å². The van der Waals surface area contributed by atoms with Gasteiger partial charge in [0.25, 0.3) is 0 Å². The Morgan fingerprint density at radius 1 is 1.40 bits per heavy atom. The molecule has 5 nitrogen and oxygen atoms in total. The van der Waals surface area contributed by atoms with Crippen LogP contribution in [-0.2, 0) is 9.53 Å². The molecule has 1 saturated carbocycles. The summed E-state index contributed by atoms with van der Waals surface area (Å²) in [7, 11) is 0. The van der Waals surface area contributed by atoms with Gasteiger partial charge >= 0.3 is 0 Å². The highest BCUT2D eigenvalue weighted by Crippen LogP contribution is 2.49. The van der Waals surface area contributed by atoms with Crippen LogP contribution < -0.4 is 11.1 Å². The van der Waals surface area contributed by atoms with Gasteiger partial charge in [0, 0.05) is 31.5 Å². The Kier molecular flexibility index (Phi) is 4.72. The van der Waals surface area contributed by atoms with Crippen LogP contribution in [0.5, 0.6) is 0 Å². The van der Waals surface area contributed by atoms with Crippen molar-refractivity contribution in [2.75, 3.05) is 32.8 Å². The van der Waals surface area contributed by atoms with Gasteiger partial charge in [-0.1, -0.05) is 13.8 Å². The van der Waals surface area contributed by atoms with E-state index in [4.69, 9.17) is 10.5 Å². The Morgan fingerprint density at radius 2 is 2.05 bits per heavy atom. The van der Waals surface area contributed by atoms with Crippen LogP contribution in [0.1, 0.15) is 40.0 Å². The van der Waals surface area contributed by atoms with Crippen LogP contribution in [0, 0.1) is 5.41 Å². The van der Waals surface area contributed by atoms with E-state index in [1.165, 1.54) is 12.8 Å². The van der Waals surface area contributed by atoms with E-state index < -0.39 is 5.54 Å². The van der Waals surface area contributed by atoms with Crippen molar-refractivity contribution in [3.8, 4) is 0 Å². The third kappa shape index (κ3) is 2.71. The molecule has 0 aromatic carbocycles. The van der Waals surface area contributed by atoms with E-state index in [0.29, 0.717) is 19.6 Å². The molecule has 1 heterocycles. The van der Waals surface area contributed by atoms with Gasteiger partial charge < -0.3 is 20.7 Å². The Labute approximate surface area is 122 Å². The maximum absolute atomic E-state index is 12.4. The highest BCUT2D eigenvalue weighted by atomic mass is 16.5. The topological polar surface area (TPSA) is 67.6 Å². The fourth-order valence-corrected chi connectivity index (χ4v) is 3.31. The molecule has 5 heteroatoms. The van der Waals surface area contributed by atoms with Gasteiger partial charge in [0.05, 0.1) is 6.10 Å². The van der Waals surface area contributed by atoms with Crippen LogP contribution in [0.4, 0.5) is 0 Å². The molecule has 116 valence electrons. The van der Waals surface area contributed by atoms with Crippen LogP contribution in [0.3, 0.4) is 0 Å². The molecule has 1 amide bonds. The van der Waals surface area contributed by atoms with Gasteiger partial charge in [-0.15, -0.1) is 0 Å². The third-order valence-corrected chi connectivity index (χ3v) is 5.15. The molecule has 1 aliphatic heterocycles. The average molecular weight is 283 g/mol. The Hall–Kier alpha value is -0.650. The van der Waals surface area contributed by atoms with Crippen molar-refractivity contribution < 1.29 is 9.53 Å². The van der Waals surface area contributed by atoms with Crippen molar-refractivity contribution in [3.05, 3.63) is 0 Å². The molecule has 2 atom stereocenters. The lowest BCUT2D eigenvalue weighted by Gasteiger charge is -2.57. The zero-order chi connectivity index (χ0) is 14.8. The quantitative estimate of drug-likeness (QED) is 0.754. The Morgan fingerprint density at radius 3 is 2.60 bits per heavy atom. The highest BCUT2D eigenvalue weighted by Gasteiger charge is 2.62. The van der Waals surface area contributed by atoms with Crippen molar-refractivity contribution in [2.24, 2.45) is 11.1 Å². The molecule has 2 aliphatic rings. The van der Waals surface area contributed by atoms with E-state index in [1.54, 1.807) is 0 Å². The summed E-state index contributed by atoms with van der Waals surface area (Å²) in [6.07, 6.45) is 3.25. The standard InChI is InChI=1S/C15H29N3O2/c1-4-20-12-11-15(16,14(12,2)3)13(19)17-7-10-18-8-5-6-9-18/h12H,4-11,16H2,1-3H3,(H,17,19). The number of nitrogens with two attached hydrogens (primary N) is 1. The lowest BCUT2D eigenvalue weighted by Crippen LogP contribution is -2.75. The Balaban J connectivity index is 1.79. The lowest BCUT2D eigenvalue weighted by molar-refractivity contribution is -0.170. The van der Waals surface area contributed by atoms with Crippen LogP contribution in [0.25, 0.3) is 0 Å². The van der Waals surface area contributed by atoms with Gasteiger partial charge in [0.15, 0.2) is 0 Å². The van der Waals surface area contributed by atoms with Gasteiger partial charge in [-0.2, -0.15) is 0 Å². The monoisotopic (exact) mass is 283 g/mol. The molecule has 2 rings (SSSR count). The summed E-state index contributed by atoms with van der Waals surface area (Å²) in [5, 5.41) is 3.01. The molecule has 0 bridgehead atoms. The number of amides is 1. The molecule has 1 saturated heterocycles. The predicted octanol–water partition coefficient (Wildman–Crippen LogP) is 0.731. The number of carbonyl (C=O) groups excluding carboxylic acids is 1. The summed E-state index contributed by atoms with van der Waals surface area (Å²) in [5.74, 6) is -0.0300. The SMILES string of the molecule is CCOC1CC(N)(C(=O)NCCN2CCCC2)C1(C)C. The molecule has 0 aromatic rings. The number of hydrogen-bond acceptors (Lipinski definition) is 4. The predicted molar refractivity (Wildman–Crippen MR) is 79.4 cm³/mol. The summed E-state index contributed by atoms with van der Waals surface area (Å²) < 4.78 is 5.66. The van der Waals surface area contributed by atoms with Crippen molar-refractivity contribution >= 4 is 5.91 Å². The maximum Gasteiger partial charge on any atom is 0.240 e. The van der Waals surface area contributed by atoms with E-state index in [2.05, 4.69) is 10.2 Å². The molecule has 3 N–H and O–H groups in total. The van der Waals surface area contributed by atoms with E-state index in [9.17, 15) is 4.79 Å². The van der Waals surface area contributed by atoms with Crippen molar-refractivity contribution in [3.63, 3.8) is 0 Å².